The van der Waals surface area contributed by atoms with E-state index in [1.807, 2.05) is 12.1 Å². The SMILES string of the molecule is CCCCc1ccc(CC(=O)NC[C@H](C)O)cc1. The van der Waals surface area contributed by atoms with Crippen LogP contribution in [0.5, 0.6) is 0 Å². The Morgan fingerprint density at radius 3 is 2.44 bits per heavy atom. The third-order valence-electron chi connectivity index (χ3n) is 2.80. The maximum atomic E-state index is 11.6. The second-order valence-electron chi connectivity index (χ2n) is 4.75. The standard InChI is InChI=1S/C15H23NO2/c1-3-4-5-13-6-8-14(9-7-13)10-15(18)16-11-12(2)17/h6-9,12,17H,3-5,10-11H2,1-2H3,(H,16,18)/t12-/m0/s1. The van der Waals surface area contributed by atoms with Crippen LogP contribution in [0.4, 0.5) is 0 Å². The molecule has 0 aliphatic carbocycles. The highest BCUT2D eigenvalue weighted by Gasteiger charge is 2.04. The van der Waals surface area contributed by atoms with Gasteiger partial charge in [-0.05, 0) is 30.9 Å². The number of amides is 1. The molecule has 0 saturated heterocycles. The van der Waals surface area contributed by atoms with Gasteiger partial charge in [-0.1, -0.05) is 37.6 Å². The molecule has 0 radical (unpaired) electrons. The van der Waals surface area contributed by atoms with Gasteiger partial charge in [0.15, 0.2) is 0 Å². The van der Waals surface area contributed by atoms with Gasteiger partial charge in [-0.15, -0.1) is 0 Å². The number of carbonyl (C=O) groups excluding carboxylic acids is 1. The molecule has 3 heteroatoms. The third kappa shape index (κ3) is 5.82. The summed E-state index contributed by atoms with van der Waals surface area (Å²) in [6.45, 7) is 4.15. The molecule has 0 fully saturated rings. The number of rotatable bonds is 7. The Morgan fingerprint density at radius 2 is 1.89 bits per heavy atom. The van der Waals surface area contributed by atoms with Crippen LogP contribution in [-0.4, -0.2) is 23.7 Å². The zero-order chi connectivity index (χ0) is 13.4. The molecule has 0 aliphatic rings. The molecule has 1 aromatic rings. The first-order valence-electron chi connectivity index (χ1n) is 6.64. The summed E-state index contributed by atoms with van der Waals surface area (Å²) in [6.07, 6.45) is 3.38. The Morgan fingerprint density at radius 1 is 1.28 bits per heavy atom. The predicted octanol–water partition coefficient (Wildman–Crippen LogP) is 2.07. The molecule has 0 unspecified atom stereocenters. The molecular formula is C15H23NO2. The minimum atomic E-state index is -0.495. The Kier molecular flexibility index (Phi) is 6.44. The molecule has 1 aromatic carbocycles. The summed E-state index contributed by atoms with van der Waals surface area (Å²) in [4.78, 5) is 11.6. The number of benzene rings is 1. The van der Waals surface area contributed by atoms with Crippen LogP contribution in [0.2, 0.25) is 0 Å². The highest BCUT2D eigenvalue weighted by molar-refractivity contribution is 5.78. The molecule has 3 nitrogen and oxygen atoms in total. The van der Waals surface area contributed by atoms with Crippen molar-refractivity contribution in [1.29, 1.82) is 0 Å². The van der Waals surface area contributed by atoms with Crippen LogP contribution in [-0.2, 0) is 17.6 Å². The fourth-order valence-electron chi connectivity index (χ4n) is 1.71. The fraction of sp³-hybridized carbons (Fsp3) is 0.533. The van der Waals surface area contributed by atoms with E-state index in [-0.39, 0.29) is 5.91 Å². The molecule has 0 saturated carbocycles. The molecular weight excluding hydrogens is 226 g/mol. The first-order valence-corrected chi connectivity index (χ1v) is 6.64. The number of aliphatic hydroxyl groups is 1. The van der Waals surface area contributed by atoms with Gasteiger partial charge in [0.2, 0.25) is 5.91 Å². The number of hydrogen-bond acceptors (Lipinski definition) is 2. The van der Waals surface area contributed by atoms with Gasteiger partial charge in [-0.3, -0.25) is 4.79 Å². The lowest BCUT2D eigenvalue weighted by atomic mass is 10.0. The van der Waals surface area contributed by atoms with Crippen LogP contribution in [0.3, 0.4) is 0 Å². The largest absolute Gasteiger partial charge is 0.392 e. The van der Waals surface area contributed by atoms with E-state index in [1.165, 1.54) is 18.4 Å². The maximum absolute atomic E-state index is 11.6. The molecule has 0 spiro atoms. The van der Waals surface area contributed by atoms with E-state index in [0.29, 0.717) is 13.0 Å². The lowest BCUT2D eigenvalue weighted by molar-refractivity contribution is -0.120. The van der Waals surface area contributed by atoms with Crippen LogP contribution >= 0.6 is 0 Å². The number of aliphatic hydroxyl groups excluding tert-OH is 1. The minimum absolute atomic E-state index is 0.0443. The van der Waals surface area contributed by atoms with Crippen LogP contribution in [0.1, 0.15) is 37.8 Å². The summed E-state index contributed by atoms with van der Waals surface area (Å²) >= 11 is 0. The van der Waals surface area contributed by atoms with E-state index >= 15 is 0 Å². The number of carbonyl (C=O) groups is 1. The molecule has 1 rings (SSSR count). The topological polar surface area (TPSA) is 49.3 Å². The van der Waals surface area contributed by atoms with E-state index in [2.05, 4.69) is 24.4 Å². The summed E-state index contributed by atoms with van der Waals surface area (Å²) in [6, 6.07) is 8.19. The summed E-state index contributed by atoms with van der Waals surface area (Å²) in [5.41, 5.74) is 2.34. The Hall–Kier alpha value is -1.35. The smallest absolute Gasteiger partial charge is 0.224 e. The molecule has 0 aromatic heterocycles. The summed E-state index contributed by atoms with van der Waals surface area (Å²) in [5.74, 6) is -0.0443. The first-order chi connectivity index (χ1) is 8.61. The highest BCUT2D eigenvalue weighted by atomic mass is 16.3. The third-order valence-corrected chi connectivity index (χ3v) is 2.80. The molecule has 100 valence electrons. The number of unbranched alkanes of at least 4 members (excludes halogenated alkanes) is 1. The van der Waals surface area contributed by atoms with E-state index in [1.54, 1.807) is 6.92 Å². The average Bonchev–Trinajstić information content (AvgIpc) is 2.35. The molecule has 2 N–H and O–H groups in total. The molecule has 1 atom stereocenters. The summed E-state index contributed by atoms with van der Waals surface area (Å²) in [7, 11) is 0. The van der Waals surface area contributed by atoms with Gasteiger partial charge < -0.3 is 10.4 Å². The van der Waals surface area contributed by atoms with Crippen molar-refractivity contribution in [2.75, 3.05) is 6.54 Å². The van der Waals surface area contributed by atoms with Gasteiger partial charge in [0.1, 0.15) is 0 Å². The lowest BCUT2D eigenvalue weighted by Crippen LogP contribution is -2.31. The van der Waals surface area contributed by atoms with Crippen molar-refractivity contribution in [2.24, 2.45) is 0 Å². The maximum Gasteiger partial charge on any atom is 0.224 e. The van der Waals surface area contributed by atoms with Crippen molar-refractivity contribution in [3.8, 4) is 0 Å². The Labute approximate surface area is 109 Å². The zero-order valence-electron chi connectivity index (χ0n) is 11.3. The molecule has 0 bridgehead atoms. The van der Waals surface area contributed by atoms with Crippen LogP contribution in [0.25, 0.3) is 0 Å². The van der Waals surface area contributed by atoms with E-state index in [0.717, 1.165) is 12.0 Å². The highest BCUT2D eigenvalue weighted by Crippen LogP contribution is 2.08. The van der Waals surface area contributed by atoms with Gasteiger partial charge >= 0.3 is 0 Å². The molecule has 0 heterocycles. The zero-order valence-corrected chi connectivity index (χ0v) is 11.3. The average molecular weight is 249 g/mol. The number of nitrogens with one attached hydrogen (secondary N) is 1. The lowest BCUT2D eigenvalue weighted by Gasteiger charge is -2.07. The van der Waals surface area contributed by atoms with E-state index < -0.39 is 6.10 Å². The minimum Gasteiger partial charge on any atom is -0.392 e. The molecule has 1 amide bonds. The Balaban J connectivity index is 2.40. The predicted molar refractivity (Wildman–Crippen MR) is 73.4 cm³/mol. The molecule has 18 heavy (non-hydrogen) atoms. The quantitative estimate of drug-likeness (QED) is 0.777. The van der Waals surface area contributed by atoms with E-state index in [9.17, 15) is 4.79 Å². The van der Waals surface area contributed by atoms with Gasteiger partial charge in [0.05, 0.1) is 12.5 Å². The van der Waals surface area contributed by atoms with Crippen molar-refractivity contribution >= 4 is 5.91 Å². The van der Waals surface area contributed by atoms with Crippen molar-refractivity contribution < 1.29 is 9.90 Å². The monoisotopic (exact) mass is 249 g/mol. The van der Waals surface area contributed by atoms with Crippen molar-refractivity contribution in [2.45, 2.75) is 45.6 Å². The fourth-order valence-corrected chi connectivity index (χ4v) is 1.71. The second kappa shape index (κ2) is 7.88. The van der Waals surface area contributed by atoms with Crippen LogP contribution < -0.4 is 5.32 Å². The summed E-state index contributed by atoms with van der Waals surface area (Å²) in [5, 5.41) is 11.8. The normalized spacial score (nSPS) is 12.2. The van der Waals surface area contributed by atoms with Crippen LogP contribution in [0, 0.1) is 0 Å². The van der Waals surface area contributed by atoms with E-state index in [4.69, 9.17) is 5.11 Å². The Bertz CT molecular complexity index is 357. The van der Waals surface area contributed by atoms with Gasteiger partial charge in [0.25, 0.3) is 0 Å². The number of aryl methyl sites for hydroxylation is 1. The van der Waals surface area contributed by atoms with Gasteiger partial charge in [0, 0.05) is 6.54 Å². The number of hydrogen-bond donors (Lipinski definition) is 2. The summed E-state index contributed by atoms with van der Waals surface area (Å²) < 4.78 is 0. The first kappa shape index (κ1) is 14.7. The van der Waals surface area contributed by atoms with Gasteiger partial charge in [-0.25, -0.2) is 0 Å². The molecule has 0 aliphatic heterocycles. The van der Waals surface area contributed by atoms with Crippen molar-refractivity contribution in [1.82, 2.24) is 5.32 Å². The van der Waals surface area contributed by atoms with Crippen molar-refractivity contribution in [3.05, 3.63) is 35.4 Å². The van der Waals surface area contributed by atoms with Gasteiger partial charge in [-0.2, -0.15) is 0 Å². The van der Waals surface area contributed by atoms with Crippen molar-refractivity contribution in [3.63, 3.8) is 0 Å². The van der Waals surface area contributed by atoms with Crippen LogP contribution in [0.15, 0.2) is 24.3 Å². The second-order valence-corrected chi connectivity index (χ2v) is 4.75.